The maximum Gasteiger partial charge on any atom is 0.138 e. The smallest absolute Gasteiger partial charge is 0.138 e. The van der Waals surface area contributed by atoms with Gasteiger partial charge in [0.05, 0.1) is 33.6 Å². The maximum absolute atomic E-state index is 6.57. The van der Waals surface area contributed by atoms with Gasteiger partial charge in [-0.25, -0.2) is 10.0 Å². The number of hydrogen-bond donors (Lipinski definition) is 0. The molecule has 0 fully saturated rings. The summed E-state index contributed by atoms with van der Waals surface area (Å²) in [6.07, 6.45) is 1.92. The van der Waals surface area contributed by atoms with Crippen molar-refractivity contribution in [2.75, 3.05) is 15.0 Å². The van der Waals surface area contributed by atoms with Crippen LogP contribution in [0.25, 0.3) is 38.8 Å². The molecule has 0 aliphatic carbocycles. The van der Waals surface area contributed by atoms with E-state index in [1.807, 2.05) is 16.3 Å². The topological polar surface area (TPSA) is 36.8 Å². The van der Waals surface area contributed by atoms with Crippen molar-refractivity contribution in [1.82, 2.24) is 9.55 Å². The van der Waals surface area contributed by atoms with Gasteiger partial charge in [-0.05, 0) is 117 Å². The molecule has 1 aliphatic rings. The first-order chi connectivity index (χ1) is 25.3. The lowest BCUT2D eigenvalue weighted by atomic mass is 10.0. The van der Waals surface area contributed by atoms with Gasteiger partial charge in [0.25, 0.3) is 0 Å². The van der Waals surface area contributed by atoms with E-state index in [4.69, 9.17) is 9.92 Å². The van der Waals surface area contributed by atoms with Crippen molar-refractivity contribution in [1.29, 1.82) is 0 Å². The molecule has 0 atom stereocenters. The van der Waals surface area contributed by atoms with Crippen LogP contribution in [0.3, 0.4) is 0 Å². The first kappa shape index (κ1) is 31.6. The Morgan fingerprint density at radius 2 is 1.27 bits per heavy atom. The molecule has 0 unspecified atom stereocenters. The Hall–Kier alpha value is -6.37. The standard InChI is InChI=1S/C46H39N5O/c1-32-15-8-9-20-38(32)33-27-28-47-45(29-33)49-41-22-11-10-21-39(41)40-26-25-36(31-44(40)49)48(34-16-6-5-7-17-34)35-18-14-19-37(30-35)50-42-23-12-13-24-43(42)51(52-50)46(2,3)4/h5-31H,1-4H3. The third-order valence-electron chi connectivity index (χ3n) is 9.77. The van der Waals surface area contributed by atoms with Gasteiger partial charge in [0.15, 0.2) is 0 Å². The van der Waals surface area contributed by atoms with Crippen LogP contribution in [0, 0.1) is 6.92 Å². The monoisotopic (exact) mass is 677 g/mol. The molecule has 6 aromatic carbocycles. The average molecular weight is 678 g/mol. The van der Waals surface area contributed by atoms with Gasteiger partial charge in [-0.2, -0.15) is 5.06 Å². The normalized spacial score (nSPS) is 12.8. The molecule has 254 valence electrons. The number of benzene rings is 6. The highest BCUT2D eigenvalue weighted by Crippen LogP contribution is 2.46. The summed E-state index contributed by atoms with van der Waals surface area (Å²) in [5.74, 6) is 0.880. The summed E-state index contributed by atoms with van der Waals surface area (Å²) in [5.41, 5.74) is 11.6. The first-order valence-corrected chi connectivity index (χ1v) is 17.7. The minimum absolute atomic E-state index is 0.235. The molecule has 3 heterocycles. The number of pyridine rings is 1. The van der Waals surface area contributed by atoms with Crippen molar-refractivity contribution in [3.05, 3.63) is 169 Å². The summed E-state index contributed by atoms with van der Waals surface area (Å²) in [7, 11) is 0. The van der Waals surface area contributed by atoms with Crippen LogP contribution in [0.2, 0.25) is 0 Å². The molecule has 2 aromatic heterocycles. The molecule has 52 heavy (non-hydrogen) atoms. The van der Waals surface area contributed by atoms with E-state index in [1.165, 1.54) is 21.9 Å². The Kier molecular flexibility index (Phi) is 7.56. The maximum atomic E-state index is 6.57. The third-order valence-corrected chi connectivity index (χ3v) is 9.77. The minimum atomic E-state index is -0.235. The number of hydroxylamine groups is 1. The second kappa shape index (κ2) is 12.4. The summed E-state index contributed by atoms with van der Waals surface area (Å²) in [4.78, 5) is 13.8. The van der Waals surface area contributed by atoms with Crippen LogP contribution in [-0.4, -0.2) is 15.1 Å². The Morgan fingerprint density at radius 3 is 2.10 bits per heavy atom. The van der Waals surface area contributed by atoms with Crippen LogP contribution >= 0.6 is 0 Å². The van der Waals surface area contributed by atoms with Crippen molar-refractivity contribution in [3.63, 3.8) is 0 Å². The Morgan fingerprint density at radius 1 is 0.577 bits per heavy atom. The van der Waals surface area contributed by atoms with Crippen molar-refractivity contribution < 1.29 is 4.94 Å². The molecule has 6 nitrogen and oxygen atoms in total. The zero-order valence-electron chi connectivity index (χ0n) is 29.7. The van der Waals surface area contributed by atoms with Crippen molar-refractivity contribution in [2.24, 2.45) is 0 Å². The largest absolute Gasteiger partial charge is 0.310 e. The molecule has 9 rings (SSSR count). The highest BCUT2D eigenvalue weighted by Gasteiger charge is 2.36. The molecular weight excluding hydrogens is 639 g/mol. The average Bonchev–Trinajstić information content (AvgIpc) is 3.73. The van der Waals surface area contributed by atoms with Gasteiger partial charge >= 0.3 is 0 Å². The van der Waals surface area contributed by atoms with Crippen molar-refractivity contribution in [2.45, 2.75) is 33.2 Å². The summed E-state index contributed by atoms with van der Waals surface area (Å²) in [5, 5.41) is 6.28. The minimum Gasteiger partial charge on any atom is -0.310 e. The molecule has 0 spiro atoms. The van der Waals surface area contributed by atoms with Gasteiger partial charge in [-0.1, -0.05) is 84.9 Å². The predicted molar refractivity (Wildman–Crippen MR) is 215 cm³/mol. The second-order valence-electron chi connectivity index (χ2n) is 14.3. The fraction of sp³-hybridized carbons (Fsp3) is 0.109. The van der Waals surface area contributed by atoms with Crippen molar-refractivity contribution in [3.8, 4) is 16.9 Å². The fourth-order valence-corrected chi connectivity index (χ4v) is 7.38. The van der Waals surface area contributed by atoms with Gasteiger partial charge in [0, 0.05) is 34.0 Å². The molecule has 0 N–H and O–H groups in total. The molecule has 0 radical (unpaired) electrons. The predicted octanol–water partition coefficient (Wildman–Crippen LogP) is 12.2. The number of rotatable bonds is 6. The molecule has 0 saturated heterocycles. The number of nitrogens with zero attached hydrogens (tertiary/aromatic N) is 5. The van der Waals surface area contributed by atoms with E-state index in [9.17, 15) is 0 Å². The lowest BCUT2D eigenvalue weighted by Crippen LogP contribution is -2.41. The van der Waals surface area contributed by atoms with E-state index in [1.54, 1.807) is 0 Å². The highest BCUT2D eigenvalue weighted by atomic mass is 16.8. The number of aryl methyl sites for hydroxylation is 1. The SMILES string of the molecule is Cc1ccccc1-c1ccnc(-n2c3ccccc3c3ccc(N(c4ccccc4)c4cccc(N5ON(C(C)(C)C)c6ccccc65)c4)cc32)c1. The fourth-order valence-electron chi connectivity index (χ4n) is 7.38. The van der Waals surface area contributed by atoms with Gasteiger partial charge in [0.2, 0.25) is 0 Å². The first-order valence-electron chi connectivity index (χ1n) is 17.7. The van der Waals surface area contributed by atoms with Crippen LogP contribution in [0.4, 0.5) is 34.1 Å². The van der Waals surface area contributed by atoms with Gasteiger partial charge in [-0.3, -0.25) is 4.57 Å². The van der Waals surface area contributed by atoms with Gasteiger partial charge < -0.3 is 4.90 Å². The number of fused-ring (bicyclic) bond motifs is 4. The highest BCUT2D eigenvalue weighted by molar-refractivity contribution is 6.10. The second-order valence-corrected chi connectivity index (χ2v) is 14.3. The molecule has 0 bridgehead atoms. The zero-order chi connectivity index (χ0) is 35.4. The third kappa shape index (κ3) is 5.36. The summed E-state index contributed by atoms with van der Waals surface area (Å²) >= 11 is 0. The van der Waals surface area contributed by atoms with Crippen LogP contribution in [-0.2, 0) is 4.94 Å². The van der Waals surface area contributed by atoms with E-state index >= 15 is 0 Å². The Bertz CT molecular complexity index is 2590. The molecule has 6 heteroatoms. The zero-order valence-corrected chi connectivity index (χ0v) is 29.7. The van der Waals surface area contributed by atoms with Crippen LogP contribution in [0.5, 0.6) is 0 Å². The lowest BCUT2D eigenvalue weighted by molar-refractivity contribution is 0.0843. The molecular formula is C46H39N5O. The molecule has 0 saturated carbocycles. The number of hydrogen-bond acceptors (Lipinski definition) is 5. The lowest BCUT2D eigenvalue weighted by Gasteiger charge is -2.32. The Labute approximate surface area is 304 Å². The van der Waals surface area contributed by atoms with Crippen LogP contribution in [0.15, 0.2) is 164 Å². The quantitative estimate of drug-likeness (QED) is 0.175. The summed E-state index contributed by atoms with van der Waals surface area (Å²) < 4.78 is 2.30. The van der Waals surface area contributed by atoms with Crippen LogP contribution in [0.1, 0.15) is 26.3 Å². The van der Waals surface area contributed by atoms with E-state index in [0.717, 1.165) is 56.5 Å². The van der Waals surface area contributed by atoms with E-state index in [-0.39, 0.29) is 5.54 Å². The van der Waals surface area contributed by atoms with Gasteiger partial charge in [-0.15, -0.1) is 4.94 Å². The molecule has 0 amide bonds. The summed E-state index contributed by atoms with van der Waals surface area (Å²) in [6.45, 7) is 8.63. The Balaban J connectivity index is 1.21. The van der Waals surface area contributed by atoms with Crippen molar-refractivity contribution >= 4 is 55.9 Å². The van der Waals surface area contributed by atoms with Crippen LogP contribution < -0.4 is 15.0 Å². The van der Waals surface area contributed by atoms with Gasteiger partial charge in [0.1, 0.15) is 5.82 Å². The molecule has 8 aromatic rings. The molecule has 1 aliphatic heterocycles. The number of para-hydroxylation sites is 4. The number of aromatic nitrogens is 2. The van der Waals surface area contributed by atoms with E-state index in [0.29, 0.717) is 0 Å². The summed E-state index contributed by atoms with van der Waals surface area (Å²) in [6, 6.07) is 55.6. The van der Waals surface area contributed by atoms with E-state index in [2.05, 4.69) is 195 Å². The number of anilines is 6. The van der Waals surface area contributed by atoms with E-state index < -0.39 is 0 Å².